The van der Waals surface area contributed by atoms with E-state index in [0.29, 0.717) is 28.7 Å². The maximum atomic E-state index is 13.9. The molecule has 2 heterocycles. The highest BCUT2D eigenvalue weighted by Gasteiger charge is 2.22. The molecule has 0 unspecified atom stereocenters. The number of amides is 3. The molecule has 0 saturated heterocycles. The van der Waals surface area contributed by atoms with E-state index in [4.69, 9.17) is 4.74 Å². The van der Waals surface area contributed by atoms with Crippen molar-refractivity contribution in [3.8, 4) is 17.2 Å². The van der Waals surface area contributed by atoms with Crippen LogP contribution in [0.25, 0.3) is 5.69 Å². The molecule has 4 rings (SSSR count). The summed E-state index contributed by atoms with van der Waals surface area (Å²) in [5.41, 5.74) is 2.52. The van der Waals surface area contributed by atoms with E-state index < -0.39 is 11.8 Å². The molecule has 0 aliphatic rings. The number of nitrogens with one attached hydrogen (secondary N) is 3. The molecule has 10 heteroatoms. The summed E-state index contributed by atoms with van der Waals surface area (Å²) in [6.45, 7) is 7.86. The van der Waals surface area contributed by atoms with E-state index in [0.717, 1.165) is 11.3 Å². The van der Waals surface area contributed by atoms with Crippen molar-refractivity contribution in [1.29, 1.82) is 0 Å². The quantitative estimate of drug-likeness (QED) is 0.300. The first-order chi connectivity index (χ1) is 18.0. The van der Waals surface area contributed by atoms with Crippen molar-refractivity contribution in [3.63, 3.8) is 0 Å². The van der Waals surface area contributed by atoms with Gasteiger partial charge in [-0.15, -0.1) is 0 Å². The predicted octanol–water partition coefficient (Wildman–Crippen LogP) is 5.81. The van der Waals surface area contributed by atoms with E-state index in [-0.39, 0.29) is 17.0 Å². The molecule has 0 aliphatic carbocycles. The third-order valence-electron chi connectivity index (χ3n) is 5.65. The number of ether oxygens (including phenoxy) is 1. The fourth-order valence-corrected chi connectivity index (χ4v) is 3.61. The summed E-state index contributed by atoms with van der Waals surface area (Å²) < 4.78 is 21.3. The lowest BCUT2D eigenvalue weighted by Gasteiger charge is -2.14. The topological polar surface area (TPSA) is 110 Å². The standard InChI is InChI=1S/C28H29FN6O3/c1-17-13-20(38-21-11-12-31-23(15-21)26(36)30-5)9-10-22(17)32-27(37)33-25-16-24(28(2,3)4)34-35(25)19-8-6-7-18(29)14-19/h6-16H,1-5H3,(H,30,36)(H2,32,33,37). The van der Waals surface area contributed by atoms with Gasteiger partial charge in [-0.25, -0.2) is 13.9 Å². The predicted molar refractivity (Wildman–Crippen MR) is 144 cm³/mol. The minimum absolute atomic E-state index is 0.240. The second-order valence-electron chi connectivity index (χ2n) is 9.67. The molecule has 38 heavy (non-hydrogen) atoms. The zero-order valence-corrected chi connectivity index (χ0v) is 21.8. The van der Waals surface area contributed by atoms with Crippen LogP contribution in [0, 0.1) is 12.7 Å². The molecule has 4 aromatic rings. The normalized spacial score (nSPS) is 11.1. The Kier molecular flexibility index (Phi) is 7.43. The zero-order valence-electron chi connectivity index (χ0n) is 21.8. The number of aromatic nitrogens is 3. The number of halogens is 1. The molecule has 0 fully saturated rings. The highest BCUT2D eigenvalue weighted by atomic mass is 19.1. The molecule has 2 aromatic heterocycles. The summed E-state index contributed by atoms with van der Waals surface area (Å²) in [6.07, 6.45) is 1.49. The molecule has 0 bridgehead atoms. The highest BCUT2D eigenvalue weighted by Crippen LogP contribution is 2.28. The van der Waals surface area contributed by atoms with Gasteiger partial charge in [0.05, 0.1) is 11.4 Å². The van der Waals surface area contributed by atoms with Gasteiger partial charge in [0.2, 0.25) is 0 Å². The highest BCUT2D eigenvalue weighted by molar-refractivity contribution is 6.00. The SMILES string of the molecule is CNC(=O)c1cc(Oc2ccc(NC(=O)Nc3cc(C(C)(C)C)nn3-c3cccc(F)c3)c(C)c2)ccn1. The van der Waals surface area contributed by atoms with Gasteiger partial charge < -0.3 is 15.4 Å². The van der Waals surface area contributed by atoms with Gasteiger partial charge in [-0.05, 0) is 55.0 Å². The number of hydrogen-bond acceptors (Lipinski definition) is 5. The van der Waals surface area contributed by atoms with Crippen LogP contribution in [-0.2, 0) is 5.41 Å². The third kappa shape index (κ3) is 6.15. The van der Waals surface area contributed by atoms with Crippen molar-refractivity contribution in [3.05, 3.63) is 89.6 Å². The van der Waals surface area contributed by atoms with Crippen LogP contribution in [0.5, 0.6) is 11.5 Å². The molecule has 3 N–H and O–H groups in total. The number of aryl methyl sites for hydroxylation is 1. The third-order valence-corrected chi connectivity index (χ3v) is 5.65. The van der Waals surface area contributed by atoms with E-state index in [1.807, 2.05) is 27.7 Å². The summed E-state index contributed by atoms with van der Waals surface area (Å²) in [7, 11) is 1.53. The van der Waals surface area contributed by atoms with Crippen LogP contribution < -0.4 is 20.7 Å². The maximum absolute atomic E-state index is 13.9. The first-order valence-electron chi connectivity index (χ1n) is 11.9. The van der Waals surface area contributed by atoms with Crippen LogP contribution in [0.1, 0.15) is 42.5 Å². The van der Waals surface area contributed by atoms with E-state index in [9.17, 15) is 14.0 Å². The molecule has 3 amide bonds. The van der Waals surface area contributed by atoms with E-state index in [2.05, 4.69) is 26.0 Å². The fraction of sp³-hybridized carbons (Fsp3) is 0.214. The molecule has 0 saturated carbocycles. The lowest BCUT2D eigenvalue weighted by molar-refractivity contribution is 0.0957. The maximum Gasteiger partial charge on any atom is 0.324 e. The molecule has 0 atom stereocenters. The number of pyridine rings is 1. The Balaban J connectivity index is 1.50. The molecule has 0 radical (unpaired) electrons. The molecular weight excluding hydrogens is 487 g/mol. The number of carbonyl (C=O) groups excluding carboxylic acids is 2. The molecule has 9 nitrogen and oxygen atoms in total. The van der Waals surface area contributed by atoms with Gasteiger partial charge in [0.15, 0.2) is 0 Å². The number of nitrogens with zero attached hydrogens (tertiary/aromatic N) is 3. The Hall–Kier alpha value is -4.73. The van der Waals surface area contributed by atoms with Crippen LogP contribution in [-0.4, -0.2) is 33.8 Å². The van der Waals surface area contributed by atoms with Gasteiger partial charge in [0, 0.05) is 36.5 Å². The van der Waals surface area contributed by atoms with Crippen LogP contribution in [0.15, 0.2) is 66.9 Å². The summed E-state index contributed by atoms with van der Waals surface area (Å²) in [4.78, 5) is 28.8. The molecule has 0 aliphatic heterocycles. The average molecular weight is 517 g/mol. The molecule has 0 spiro atoms. The number of hydrogen-bond donors (Lipinski definition) is 3. The van der Waals surface area contributed by atoms with Gasteiger partial charge >= 0.3 is 6.03 Å². The number of anilines is 2. The minimum Gasteiger partial charge on any atom is -0.457 e. The number of urea groups is 1. The van der Waals surface area contributed by atoms with Crippen molar-refractivity contribution in [2.45, 2.75) is 33.1 Å². The van der Waals surface area contributed by atoms with Crippen LogP contribution >= 0.6 is 0 Å². The van der Waals surface area contributed by atoms with Crippen molar-refractivity contribution in [2.24, 2.45) is 0 Å². The number of carbonyl (C=O) groups is 2. The molecule has 196 valence electrons. The Labute approximate surface area is 220 Å². The Morgan fingerprint density at radius 1 is 0.974 bits per heavy atom. The monoisotopic (exact) mass is 516 g/mol. The van der Waals surface area contributed by atoms with Crippen molar-refractivity contribution < 1.29 is 18.7 Å². The second kappa shape index (κ2) is 10.7. The smallest absolute Gasteiger partial charge is 0.324 e. The second-order valence-corrected chi connectivity index (χ2v) is 9.67. The van der Waals surface area contributed by atoms with Gasteiger partial charge in [0.25, 0.3) is 5.91 Å². The van der Waals surface area contributed by atoms with Gasteiger partial charge in [-0.2, -0.15) is 5.10 Å². The summed E-state index contributed by atoms with van der Waals surface area (Å²) in [5, 5.41) is 12.8. The Morgan fingerprint density at radius 2 is 1.74 bits per heavy atom. The van der Waals surface area contributed by atoms with Crippen molar-refractivity contribution in [1.82, 2.24) is 20.1 Å². The van der Waals surface area contributed by atoms with Crippen molar-refractivity contribution >= 4 is 23.4 Å². The molecule has 2 aromatic carbocycles. The summed E-state index contributed by atoms with van der Waals surface area (Å²) >= 11 is 0. The lowest BCUT2D eigenvalue weighted by atomic mass is 9.92. The Bertz CT molecular complexity index is 1490. The van der Waals surface area contributed by atoms with Crippen LogP contribution in [0.3, 0.4) is 0 Å². The number of benzene rings is 2. The van der Waals surface area contributed by atoms with Crippen molar-refractivity contribution in [2.75, 3.05) is 17.7 Å². The average Bonchev–Trinajstić information content (AvgIpc) is 3.30. The Morgan fingerprint density at radius 3 is 2.42 bits per heavy atom. The number of rotatable bonds is 6. The van der Waals surface area contributed by atoms with Crippen LogP contribution in [0.4, 0.5) is 20.7 Å². The summed E-state index contributed by atoms with van der Waals surface area (Å²) in [5.74, 6) is 0.671. The van der Waals surface area contributed by atoms with Gasteiger partial charge in [-0.3, -0.25) is 15.1 Å². The van der Waals surface area contributed by atoms with E-state index in [1.54, 1.807) is 48.5 Å². The van der Waals surface area contributed by atoms with Crippen LogP contribution in [0.2, 0.25) is 0 Å². The van der Waals surface area contributed by atoms with Gasteiger partial charge in [0.1, 0.15) is 28.8 Å². The van der Waals surface area contributed by atoms with E-state index in [1.165, 1.54) is 30.1 Å². The summed E-state index contributed by atoms with van der Waals surface area (Å²) in [6, 6.07) is 15.7. The largest absolute Gasteiger partial charge is 0.457 e. The first kappa shape index (κ1) is 26.3. The lowest BCUT2D eigenvalue weighted by Crippen LogP contribution is -2.21. The minimum atomic E-state index is -0.482. The molecular formula is C28H29FN6O3. The zero-order chi connectivity index (χ0) is 27.4. The fourth-order valence-electron chi connectivity index (χ4n) is 3.61. The first-order valence-corrected chi connectivity index (χ1v) is 11.9. The van der Waals surface area contributed by atoms with E-state index >= 15 is 0 Å². The van der Waals surface area contributed by atoms with Gasteiger partial charge in [-0.1, -0.05) is 26.8 Å².